The number of hydrogen-bond acceptors (Lipinski definition) is 3. The second-order valence-electron chi connectivity index (χ2n) is 7.80. The van der Waals surface area contributed by atoms with Crippen molar-refractivity contribution in [3.05, 3.63) is 65.2 Å². The van der Waals surface area contributed by atoms with Gasteiger partial charge in [-0.2, -0.15) is 0 Å². The van der Waals surface area contributed by atoms with Crippen molar-refractivity contribution < 1.29 is 4.79 Å². The molecule has 0 radical (unpaired) electrons. The average Bonchev–Trinajstić information content (AvgIpc) is 3.15. The second-order valence-corrected chi connectivity index (χ2v) is 8.91. The summed E-state index contributed by atoms with van der Waals surface area (Å²) in [5.41, 5.74) is 2.51. The van der Waals surface area contributed by atoms with Crippen LogP contribution in [0.25, 0.3) is 10.2 Å². The number of piperidine rings is 1. The number of hydrogen-bond donors (Lipinski definition) is 0. The van der Waals surface area contributed by atoms with Gasteiger partial charge >= 0.3 is 0 Å². The molecular weight excluding hydrogens is 364 g/mol. The van der Waals surface area contributed by atoms with E-state index in [0.717, 1.165) is 57.1 Å². The van der Waals surface area contributed by atoms with Crippen LogP contribution in [0.3, 0.4) is 0 Å². The first kappa shape index (κ1) is 19.1. The SMILES string of the molecule is O=C(CCCCc1nc2ccccc2s1)N1CCC(Cc2ccccc2)CC1. The van der Waals surface area contributed by atoms with Gasteiger partial charge in [-0.15, -0.1) is 11.3 Å². The number of carbonyl (C=O) groups is 1. The van der Waals surface area contributed by atoms with E-state index in [1.807, 2.05) is 6.07 Å². The second kappa shape index (κ2) is 9.33. The fraction of sp³-hybridized carbons (Fsp3) is 0.417. The predicted octanol–water partition coefficient (Wildman–Crippen LogP) is 5.49. The van der Waals surface area contributed by atoms with Crippen LogP contribution in [-0.4, -0.2) is 28.9 Å². The molecule has 3 nitrogen and oxygen atoms in total. The minimum absolute atomic E-state index is 0.336. The molecule has 0 aliphatic carbocycles. The number of fused-ring (bicyclic) bond motifs is 1. The number of benzene rings is 2. The minimum atomic E-state index is 0.336. The number of unbranched alkanes of at least 4 members (excludes halogenated alkanes) is 1. The molecule has 0 N–H and O–H groups in total. The lowest BCUT2D eigenvalue weighted by Crippen LogP contribution is -2.38. The Morgan fingerprint density at radius 3 is 2.54 bits per heavy atom. The van der Waals surface area contributed by atoms with Gasteiger partial charge in [-0.25, -0.2) is 4.98 Å². The van der Waals surface area contributed by atoms with Crippen LogP contribution in [0.4, 0.5) is 0 Å². The van der Waals surface area contributed by atoms with Crippen LogP contribution < -0.4 is 0 Å². The van der Waals surface area contributed by atoms with E-state index in [1.54, 1.807) is 11.3 Å². The third kappa shape index (κ3) is 4.99. The third-order valence-electron chi connectivity index (χ3n) is 5.70. The van der Waals surface area contributed by atoms with E-state index in [1.165, 1.54) is 15.3 Å². The van der Waals surface area contributed by atoms with E-state index < -0.39 is 0 Å². The lowest BCUT2D eigenvalue weighted by Gasteiger charge is -2.32. The molecule has 1 saturated heterocycles. The number of aromatic nitrogens is 1. The van der Waals surface area contributed by atoms with Gasteiger partial charge in [0.05, 0.1) is 15.2 Å². The summed E-state index contributed by atoms with van der Waals surface area (Å²) in [6.45, 7) is 1.85. The first-order valence-corrected chi connectivity index (χ1v) is 11.3. The quantitative estimate of drug-likeness (QED) is 0.498. The largest absolute Gasteiger partial charge is 0.343 e. The first-order chi connectivity index (χ1) is 13.8. The monoisotopic (exact) mass is 392 g/mol. The highest BCUT2D eigenvalue weighted by Gasteiger charge is 2.22. The van der Waals surface area contributed by atoms with Crippen LogP contribution in [0, 0.1) is 5.92 Å². The third-order valence-corrected chi connectivity index (χ3v) is 6.80. The van der Waals surface area contributed by atoms with E-state index in [-0.39, 0.29) is 0 Å². The molecule has 2 heterocycles. The van der Waals surface area contributed by atoms with Crippen molar-refractivity contribution in [2.24, 2.45) is 5.92 Å². The molecule has 1 aliphatic heterocycles. The molecule has 0 saturated carbocycles. The summed E-state index contributed by atoms with van der Waals surface area (Å²) in [4.78, 5) is 19.3. The van der Waals surface area contributed by atoms with Crippen LogP contribution in [0.2, 0.25) is 0 Å². The molecule has 0 unspecified atom stereocenters. The van der Waals surface area contributed by atoms with Crippen molar-refractivity contribution in [2.75, 3.05) is 13.1 Å². The maximum absolute atomic E-state index is 12.5. The van der Waals surface area contributed by atoms with Gasteiger partial charge in [-0.3, -0.25) is 4.79 Å². The average molecular weight is 393 g/mol. The lowest BCUT2D eigenvalue weighted by molar-refractivity contribution is -0.132. The fourth-order valence-electron chi connectivity index (χ4n) is 4.07. The topological polar surface area (TPSA) is 33.2 Å². The Morgan fingerprint density at radius 2 is 1.75 bits per heavy atom. The highest BCUT2D eigenvalue weighted by molar-refractivity contribution is 7.18. The molecule has 3 aromatic rings. The molecule has 1 aliphatic rings. The zero-order valence-electron chi connectivity index (χ0n) is 16.3. The van der Waals surface area contributed by atoms with Crippen LogP contribution in [0.1, 0.15) is 42.7 Å². The Labute approximate surface area is 171 Å². The number of amides is 1. The van der Waals surface area contributed by atoms with Gasteiger partial charge in [0.1, 0.15) is 0 Å². The summed E-state index contributed by atoms with van der Waals surface area (Å²) < 4.78 is 1.26. The number of thiazole rings is 1. The summed E-state index contributed by atoms with van der Waals surface area (Å²) >= 11 is 1.78. The van der Waals surface area contributed by atoms with E-state index >= 15 is 0 Å². The molecule has 1 fully saturated rings. The number of nitrogens with zero attached hydrogens (tertiary/aromatic N) is 2. The summed E-state index contributed by atoms with van der Waals surface area (Å²) in [6, 6.07) is 19.0. The molecular formula is C24H28N2OS. The van der Waals surface area contributed by atoms with Gasteiger partial charge in [0.25, 0.3) is 0 Å². The van der Waals surface area contributed by atoms with Gasteiger partial charge in [0.2, 0.25) is 5.91 Å². The summed E-state index contributed by atoms with van der Waals surface area (Å²) in [5.74, 6) is 1.05. The molecule has 4 rings (SSSR count). The fourth-order valence-corrected chi connectivity index (χ4v) is 5.08. The molecule has 2 aromatic carbocycles. The van der Waals surface area contributed by atoms with Crippen LogP contribution in [0.5, 0.6) is 0 Å². The predicted molar refractivity (Wildman–Crippen MR) is 117 cm³/mol. The zero-order valence-corrected chi connectivity index (χ0v) is 17.2. The molecule has 146 valence electrons. The summed E-state index contributed by atoms with van der Waals surface area (Å²) in [6.07, 6.45) is 7.05. The highest BCUT2D eigenvalue weighted by atomic mass is 32.1. The number of aryl methyl sites for hydroxylation is 1. The molecule has 4 heteroatoms. The normalized spacial score (nSPS) is 15.2. The minimum Gasteiger partial charge on any atom is -0.343 e. The smallest absolute Gasteiger partial charge is 0.222 e. The van der Waals surface area contributed by atoms with Crippen molar-refractivity contribution in [1.29, 1.82) is 0 Å². The van der Waals surface area contributed by atoms with E-state index in [2.05, 4.69) is 58.4 Å². The van der Waals surface area contributed by atoms with Gasteiger partial charge in [0.15, 0.2) is 0 Å². The molecule has 1 amide bonds. The number of rotatable bonds is 7. The Bertz CT molecular complexity index is 864. The van der Waals surface area contributed by atoms with Gasteiger partial charge < -0.3 is 4.90 Å². The molecule has 28 heavy (non-hydrogen) atoms. The maximum Gasteiger partial charge on any atom is 0.222 e. The molecule has 0 atom stereocenters. The number of likely N-dealkylation sites (tertiary alicyclic amines) is 1. The van der Waals surface area contributed by atoms with Crippen molar-refractivity contribution in [3.63, 3.8) is 0 Å². The molecule has 0 spiro atoms. The summed E-state index contributed by atoms with van der Waals surface area (Å²) in [5, 5.41) is 1.19. The van der Waals surface area contributed by atoms with Crippen molar-refractivity contribution in [3.8, 4) is 0 Å². The molecule has 1 aromatic heterocycles. The van der Waals surface area contributed by atoms with E-state index in [0.29, 0.717) is 18.2 Å². The Balaban J connectivity index is 1.15. The number of para-hydroxylation sites is 1. The Hall–Kier alpha value is -2.20. The van der Waals surface area contributed by atoms with Crippen molar-refractivity contribution >= 4 is 27.5 Å². The van der Waals surface area contributed by atoms with Crippen molar-refractivity contribution in [2.45, 2.75) is 44.9 Å². The van der Waals surface area contributed by atoms with Crippen LogP contribution in [-0.2, 0) is 17.6 Å². The van der Waals surface area contributed by atoms with Crippen LogP contribution >= 0.6 is 11.3 Å². The van der Waals surface area contributed by atoms with Gasteiger partial charge in [0, 0.05) is 19.5 Å². The van der Waals surface area contributed by atoms with Gasteiger partial charge in [-0.1, -0.05) is 42.5 Å². The van der Waals surface area contributed by atoms with Crippen LogP contribution in [0.15, 0.2) is 54.6 Å². The van der Waals surface area contributed by atoms with E-state index in [9.17, 15) is 4.79 Å². The number of carbonyl (C=O) groups excluding carboxylic acids is 1. The zero-order chi connectivity index (χ0) is 19.2. The Kier molecular flexibility index (Phi) is 6.38. The first-order valence-electron chi connectivity index (χ1n) is 10.4. The molecule has 0 bridgehead atoms. The van der Waals surface area contributed by atoms with Gasteiger partial charge in [-0.05, 0) is 62.1 Å². The lowest BCUT2D eigenvalue weighted by atomic mass is 9.90. The Morgan fingerprint density at radius 1 is 1.00 bits per heavy atom. The maximum atomic E-state index is 12.5. The summed E-state index contributed by atoms with van der Waals surface area (Å²) in [7, 11) is 0. The highest BCUT2D eigenvalue weighted by Crippen LogP contribution is 2.24. The standard InChI is InChI=1S/C24H28N2OS/c27-24(13-7-6-12-23-25-21-10-4-5-11-22(21)28-23)26-16-14-20(15-17-26)18-19-8-2-1-3-9-19/h1-5,8-11,20H,6-7,12-18H2. The van der Waals surface area contributed by atoms with Crippen molar-refractivity contribution in [1.82, 2.24) is 9.88 Å². The van der Waals surface area contributed by atoms with E-state index in [4.69, 9.17) is 0 Å².